The van der Waals surface area contributed by atoms with Gasteiger partial charge < -0.3 is 4.42 Å². The molecule has 0 bridgehead atoms. The van der Waals surface area contributed by atoms with Crippen LogP contribution in [0.4, 0.5) is 0 Å². The lowest BCUT2D eigenvalue weighted by atomic mass is 9.86. The molecule has 0 spiro atoms. The number of para-hydroxylation sites is 1. The van der Waals surface area contributed by atoms with Gasteiger partial charge in [-0.25, -0.2) is 0 Å². The van der Waals surface area contributed by atoms with Gasteiger partial charge in [0.15, 0.2) is 0 Å². The fourth-order valence-corrected chi connectivity index (χ4v) is 7.49. The molecule has 0 fully saturated rings. The molecule has 8 aromatic rings. The van der Waals surface area contributed by atoms with E-state index >= 15 is 0 Å². The van der Waals surface area contributed by atoms with E-state index in [0.29, 0.717) is 0 Å². The quantitative estimate of drug-likeness (QED) is 0.199. The lowest BCUT2D eigenvalue weighted by Gasteiger charge is -2.17. The van der Waals surface area contributed by atoms with Gasteiger partial charge in [0.2, 0.25) is 0 Å². The Balaban J connectivity index is 1.19. The van der Waals surface area contributed by atoms with Crippen LogP contribution >= 0.6 is 0 Å². The lowest BCUT2D eigenvalue weighted by molar-refractivity contribution is 0.596. The molecule has 0 N–H and O–H groups in total. The minimum absolute atomic E-state index is 0.995. The molecule has 1 aromatic heterocycles. The molecule has 0 amide bonds. The maximum absolute atomic E-state index is 6.38. The average molecular weight is 551 g/mol. The Morgan fingerprint density at radius 2 is 1.14 bits per heavy atom. The fraction of sp³-hybridized carbons (Fsp3) is 0.0952. The highest BCUT2D eigenvalue weighted by molar-refractivity contribution is 6.27. The van der Waals surface area contributed by atoms with Crippen LogP contribution in [0.2, 0.25) is 0 Å². The molecule has 7 aromatic carbocycles. The zero-order chi connectivity index (χ0) is 28.7. The average Bonchev–Trinajstić information content (AvgIpc) is 3.42. The first kappa shape index (κ1) is 24.5. The Morgan fingerprint density at radius 1 is 0.535 bits per heavy atom. The van der Waals surface area contributed by atoms with Gasteiger partial charge in [-0.1, -0.05) is 126 Å². The first-order chi connectivity index (χ1) is 21.1. The van der Waals surface area contributed by atoms with Crippen LogP contribution in [0, 0.1) is 13.8 Å². The summed E-state index contributed by atoms with van der Waals surface area (Å²) in [6.07, 6.45) is 6.46. The highest BCUT2D eigenvalue weighted by Gasteiger charge is 2.18. The third kappa shape index (κ3) is 3.71. The minimum atomic E-state index is 0.995. The van der Waals surface area contributed by atoms with E-state index in [4.69, 9.17) is 4.42 Å². The third-order valence-corrected chi connectivity index (χ3v) is 9.38. The van der Waals surface area contributed by atoms with Crippen LogP contribution in [0.3, 0.4) is 0 Å². The van der Waals surface area contributed by atoms with Crippen molar-refractivity contribution in [2.24, 2.45) is 0 Å². The first-order valence-electron chi connectivity index (χ1n) is 15.2. The molecule has 1 nitrogen and oxygen atoms in total. The van der Waals surface area contributed by atoms with Crippen molar-refractivity contribution in [3.8, 4) is 33.4 Å². The Labute approximate surface area is 251 Å². The van der Waals surface area contributed by atoms with E-state index in [1.165, 1.54) is 82.2 Å². The van der Waals surface area contributed by atoms with Crippen LogP contribution in [0.5, 0.6) is 0 Å². The van der Waals surface area contributed by atoms with Crippen LogP contribution in [0.1, 0.15) is 28.9 Å². The highest BCUT2D eigenvalue weighted by Crippen LogP contribution is 2.43. The maximum atomic E-state index is 6.38. The standard InChI is InChI=1S/C42H30O/c1-25-22-26(2)24-31(23-25)33-19-15-30-16-20-36-32(18-14-29-17-21-37(33)41(30)40(29)36)27-10-12-28(13-11-27)34-7-5-8-38-35-6-3-4-9-39(35)43-42(34)38/h4-5,7-24H,3,6H2,1-2H3. The summed E-state index contributed by atoms with van der Waals surface area (Å²) in [6.45, 7) is 4.37. The van der Waals surface area contributed by atoms with E-state index in [2.05, 4.69) is 135 Å². The van der Waals surface area contributed by atoms with Crippen molar-refractivity contribution in [1.82, 2.24) is 0 Å². The number of fused-ring (bicyclic) bond motifs is 3. The van der Waals surface area contributed by atoms with Crippen molar-refractivity contribution < 1.29 is 4.42 Å². The minimum Gasteiger partial charge on any atom is -0.456 e. The van der Waals surface area contributed by atoms with Crippen molar-refractivity contribution in [2.75, 3.05) is 0 Å². The van der Waals surface area contributed by atoms with Crippen LogP contribution in [-0.2, 0) is 6.42 Å². The largest absolute Gasteiger partial charge is 0.456 e. The van der Waals surface area contributed by atoms with Crippen LogP contribution in [-0.4, -0.2) is 0 Å². The summed E-state index contributed by atoms with van der Waals surface area (Å²) in [5.41, 5.74) is 12.3. The van der Waals surface area contributed by atoms with E-state index < -0.39 is 0 Å². The second-order valence-electron chi connectivity index (χ2n) is 12.2. The van der Waals surface area contributed by atoms with Crippen molar-refractivity contribution >= 4 is 49.4 Å². The Morgan fingerprint density at radius 3 is 1.81 bits per heavy atom. The van der Waals surface area contributed by atoms with E-state index in [1.807, 2.05) is 0 Å². The second-order valence-corrected chi connectivity index (χ2v) is 12.2. The molecule has 0 unspecified atom stereocenters. The molecule has 1 aliphatic carbocycles. The number of rotatable bonds is 3. The normalized spacial score (nSPS) is 13.1. The Kier molecular flexibility index (Phi) is 5.22. The molecule has 9 rings (SSSR count). The summed E-state index contributed by atoms with van der Waals surface area (Å²) in [6, 6.07) is 40.8. The van der Waals surface area contributed by atoms with Gasteiger partial charge in [-0.2, -0.15) is 0 Å². The number of hydrogen-bond donors (Lipinski definition) is 0. The molecule has 0 aliphatic heterocycles. The molecular weight excluding hydrogens is 520 g/mol. The Bertz CT molecular complexity index is 2380. The first-order valence-corrected chi connectivity index (χ1v) is 15.2. The number of benzene rings is 7. The summed E-state index contributed by atoms with van der Waals surface area (Å²) in [5, 5.41) is 9.14. The molecular formula is C42H30O. The Hall–Kier alpha value is -5.14. The van der Waals surface area contributed by atoms with E-state index in [0.717, 1.165) is 29.7 Å². The molecule has 1 heteroatoms. The summed E-state index contributed by atoms with van der Waals surface area (Å²) in [5.74, 6) is 1.01. The molecule has 0 radical (unpaired) electrons. The zero-order valence-electron chi connectivity index (χ0n) is 24.4. The van der Waals surface area contributed by atoms with Crippen LogP contribution in [0.15, 0.2) is 120 Å². The number of hydrogen-bond acceptors (Lipinski definition) is 1. The fourth-order valence-electron chi connectivity index (χ4n) is 7.49. The summed E-state index contributed by atoms with van der Waals surface area (Å²) in [4.78, 5) is 0. The SMILES string of the molecule is Cc1cc(C)cc(-c2ccc3ccc4c(-c5ccc(-c6cccc7c8c(oc67)C=CCC8)cc5)ccc5ccc2c3c54)c1. The van der Waals surface area contributed by atoms with Crippen LogP contribution in [0.25, 0.3) is 82.7 Å². The van der Waals surface area contributed by atoms with Crippen molar-refractivity contribution in [3.63, 3.8) is 0 Å². The maximum Gasteiger partial charge on any atom is 0.142 e. The summed E-state index contributed by atoms with van der Waals surface area (Å²) in [7, 11) is 0. The lowest BCUT2D eigenvalue weighted by Crippen LogP contribution is -1.90. The number of furan rings is 1. The molecule has 1 aliphatic rings. The molecule has 204 valence electrons. The van der Waals surface area contributed by atoms with E-state index in [9.17, 15) is 0 Å². The van der Waals surface area contributed by atoms with Gasteiger partial charge in [-0.05, 0) is 92.9 Å². The molecule has 0 atom stereocenters. The van der Waals surface area contributed by atoms with Gasteiger partial charge in [0.1, 0.15) is 11.3 Å². The van der Waals surface area contributed by atoms with Gasteiger partial charge in [-0.3, -0.25) is 0 Å². The number of aryl methyl sites for hydroxylation is 3. The third-order valence-electron chi connectivity index (χ3n) is 9.38. The molecule has 1 heterocycles. The highest BCUT2D eigenvalue weighted by atomic mass is 16.3. The zero-order valence-corrected chi connectivity index (χ0v) is 24.4. The topological polar surface area (TPSA) is 13.1 Å². The van der Waals surface area contributed by atoms with Gasteiger partial charge in [-0.15, -0.1) is 0 Å². The predicted octanol–water partition coefficient (Wildman–Crippen LogP) is 11.9. The van der Waals surface area contributed by atoms with Crippen LogP contribution < -0.4 is 0 Å². The van der Waals surface area contributed by atoms with Crippen molar-refractivity contribution in [2.45, 2.75) is 26.7 Å². The summed E-state index contributed by atoms with van der Waals surface area (Å²) < 4.78 is 6.38. The van der Waals surface area contributed by atoms with Gasteiger partial charge in [0, 0.05) is 16.5 Å². The van der Waals surface area contributed by atoms with Crippen molar-refractivity contribution in [1.29, 1.82) is 0 Å². The van der Waals surface area contributed by atoms with Gasteiger partial charge in [0.25, 0.3) is 0 Å². The second kappa shape index (κ2) is 9.18. The monoisotopic (exact) mass is 550 g/mol. The van der Waals surface area contributed by atoms with E-state index in [1.54, 1.807) is 0 Å². The summed E-state index contributed by atoms with van der Waals surface area (Å²) >= 11 is 0. The number of allylic oxidation sites excluding steroid dienone is 1. The molecule has 0 saturated carbocycles. The van der Waals surface area contributed by atoms with Gasteiger partial charge >= 0.3 is 0 Å². The predicted molar refractivity (Wildman–Crippen MR) is 183 cm³/mol. The van der Waals surface area contributed by atoms with Crippen molar-refractivity contribution in [3.05, 3.63) is 138 Å². The molecule has 43 heavy (non-hydrogen) atoms. The van der Waals surface area contributed by atoms with Gasteiger partial charge in [0.05, 0.1) is 0 Å². The molecule has 0 saturated heterocycles. The van der Waals surface area contributed by atoms with E-state index in [-0.39, 0.29) is 0 Å². The smallest absolute Gasteiger partial charge is 0.142 e.